The van der Waals surface area contributed by atoms with Crippen molar-refractivity contribution in [3.63, 3.8) is 0 Å². The van der Waals surface area contributed by atoms with Crippen LogP contribution >= 0.6 is 11.6 Å². The molecule has 1 heterocycles. The van der Waals surface area contributed by atoms with E-state index >= 15 is 0 Å². The summed E-state index contributed by atoms with van der Waals surface area (Å²) in [6.07, 6.45) is 0.661. The Balaban J connectivity index is 1.93. The second kappa shape index (κ2) is 8.05. The van der Waals surface area contributed by atoms with Gasteiger partial charge in [0.15, 0.2) is 0 Å². The van der Waals surface area contributed by atoms with E-state index in [4.69, 9.17) is 16.3 Å². The molecule has 1 N–H and O–H groups in total. The normalized spacial score (nSPS) is 13.9. The van der Waals surface area contributed by atoms with Crippen LogP contribution in [0.2, 0.25) is 0 Å². The second-order valence-electron chi connectivity index (χ2n) is 5.78. The van der Waals surface area contributed by atoms with Gasteiger partial charge in [-0.2, -0.15) is 0 Å². The van der Waals surface area contributed by atoms with E-state index in [1.54, 1.807) is 36.4 Å². The van der Waals surface area contributed by atoms with E-state index in [0.717, 1.165) is 4.90 Å². The molecule has 0 saturated carbocycles. The van der Waals surface area contributed by atoms with Crippen molar-refractivity contribution in [3.05, 3.63) is 70.9 Å². The number of para-hydroxylation sites is 2. The molecule has 1 aliphatic rings. The quantitative estimate of drug-likeness (QED) is 0.607. The monoisotopic (exact) mass is 384 g/mol. The number of ether oxygens (including phenoxy) is 1. The first-order valence-electron chi connectivity index (χ1n) is 8.41. The molecule has 27 heavy (non-hydrogen) atoms. The Kier molecular flexibility index (Phi) is 5.57. The summed E-state index contributed by atoms with van der Waals surface area (Å²) >= 11 is 6.12. The SMILES string of the molecule is CCCOC(=O)c1ccccc1N1C(=O)C(Cl)=C(Nc2ccccc2)C1=O. The lowest BCUT2D eigenvalue weighted by atomic mass is 10.1. The van der Waals surface area contributed by atoms with Crippen molar-refractivity contribution in [2.24, 2.45) is 0 Å². The molecule has 0 saturated heterocycles. The second-order valence-corrected chi connectivity index (χ2v) is 6.16. The first-order valence-corrected chi connectivity index (χ1v) is 8.79. The maximum atomic E-state index is 12.9. The Morgan fingerprint density at radius 3 is 2.41 bits per heavy atom. The molecule has 0 bridgehead atoms. The summed E-state index contributed by atoms with van der Waals surface area (Å²) in [6.45, 7) is 2.12. The molecule has 6 nitrogen and oxygen atoms in total. The van der Waals surface area contributed by atoms with Crippen molar-refractivity contribution in [1.29, 1.82) is 0 Å². The van der Waals surface area contributed by atoms with E-state index < -0.39 is 17.8 Å². The maximum Gasteiger partial charge on any atom is 0.340 e. The molecule has 2 amide bonds. The summed E-state index contributed by atoms with van der Waals surface area (Å²) in [7, 11) is 0. The molecular weight excluding hydrogens is 368 g/mol. The fraction of sp³-hybridized carbons (Fsp3) is 0.150. The van der Waals surface area contributed by atoms with Crippen LogP contribution in [0.15, 0.2) is 65.3 Å². The molecule has 0 atom stereocenters. The standard InChI is InChI=1S/C20H17ClN2O4/c1-2-12-27-20(26)14-10-6-7-11-15(14)23-18(24)16(21)17(19(23)25)22-13-8-4-3-5-9-13/h3-11,22H,2,12H2,1H3. The minimum atomic E-state index is -0.698. The first-order chi connectivity index (χ1) is 13.0. The van der Waals surface area contributed by atoms with Gasteiger partial charge in [-0.05, 0) is 30.7 Å². The zero-order valence-electron chi connectivity index (χ0n) is 14.6. The Morgan fingerprint density at radius 2 is 1.70 bits per heavy atom. The minimum Gasteiger partial charge on any atom is -0.462 e. The molecule has 0 fully saturated rings. The number of hydrogen-bond donors (Lipinski definition) is 1. The molecule has 0 radical (unpaired) electrons. The number of anilines is 2. The van der Waals surface area contributed by atoms with Gasteiger partial charge in [0, 0.05) is 5.69 Å². The van der Waals surface area contributed by atoms with Crippen LogP contribution in [0.5, 0.6) is 0 Å². The number of esters is 1. The van der Waals surface area contributed by atoms with Crippen LogP contribution in [0.4, 0.5) is 11.4 Å². The third-order valence-electron chi connectivity index (χ3n) is 3.87. The zero-order valence-corrected chi connectivity index (χ0v) is 15.3. The van der Waals surface area contributed by atoms with Gasteiger partial charge in [0.1, 0.15) is 10.7 Å². The van der Waals surface area contributed by atoms with Crippen molar-refractivity contribution >= 4 is 40.8 Å². The van der Waals surface area contributed by atoms with E-state index in [9.17, 15) is 14.4 Å². The van der Waals surface area contributed by atoms with E-state index in [1.807, 2.05) is 13.0 Å². The molecule has 0 aromatic heterocycles. The van der Waals surface area contributed by atoms with Crippen LogP contribution in [0.25, 0.3) is 0 Å². The zero-order chi connectivity index (χ0) is 19.4. The average molecular weight is 385 g/mol. The first kappa shape index (κ1) is 18.7. The number of amides is 2. The van der Waals surface area contributed by atoms with Gasteiger partial charge in [-0.15, -0.1) is 0 Å². The topological polar surface area (TPSA) is 75.7 Å². The van der Waals surface area contributed by atoms with Gasteiger partial charge < -0.3 is 10.1 Å². The lowest BCUT2D eigenvalue weighted by Crippen LogP contribution is -2.33. The molecule has 2 aromatic rings. The van der Waals surface area contributed by atoms with E-state index in [1.165, 1.54) is 12.1 Å². The van der Waals surface area contributed by atoms with Gasteiger partial charge in [-0.1, -0.05) is 48.9 Å². The summed E-state index contributed by atoms with van der Waals surface area (Å²) in [4.78, 5) is 38.7. The Hall–Kier alpha value is -3.12. The van der Waals surface area contributed by atoms with Crippen molar-refractivity contribution in [3.8, 4) is 0 Å². The highest BCUT2D eigenvalue weighted by molar-refractivity contribution is 6.53. The van der Waals surface area contributed by atoms with Crippen molar-refractivity contribution < 1.29 is 19.1 Å². The molecule has 1 aliphatic heterocycles. The summed E-state index contributed by atoms with van der Waals surface area (Å²) in [5.74, 6) is -1.94. The van der Waals surface area contributed by atoms with Crippen LogP contribution in [-0.2, 0) is 14.3 Å². The highest BCUT2D eigenvalue weighted by atomic mass is 35.5. The van der Waals surface area contributed by atoms with Crippen LogP contribution in [0.1, 0.15) is 23.7 Å². The van der Waals surface area contributed by atoms with Crippen molar-refractivity contribution in [2.75, 3.05) is 16.8 Å². The van der Waals surface area contributed by atoms with Crippen LogP contribution < -0.4 is 10.2 Å². The predicted octanol–water partition coefficient (Wildman–Crippen LogP) is 3.69. The fourth-order valence-electron chi connectivity index (χ4n) is 2.61. The number of nitrogens with zero attached hydrogens (tertiary/aromatic N) is 1. The van der Waals surface area contributed by atoms with Crippen LogP contribution in [0.3, 0.4) is 0 Å². The van der Waals surface area contributed by atoms with Gasteiger partial charge in [0.25, 0.3) is 11.8 Å². The summed E-state index contributed by atoms with van der Waals surface area (Å²) < 4.78 is 5.15. The van der Waals surface area contributed by atoms with Gasteiger partial charge in [0.2, 0.25) is 0 Å². The summed E-state index contributed by atoms with van der Waals surface area (Å²) in [6, 6.07) is 15.2. The van der Waals surface area contributed by atoms with Gasteiger partial charge in [-0.3, -0.25) is 9.59 Å². The highest BCUT2D eigenvalue weighted by Crippen LogP contribution is 2.32. The molecular formula is C20H17ClN2O4. The molecule has 0 spiro atoms. The number of nitrogens with one attached hydrogen (secondary N) is 1. The summed E-state index contributed by atoms with van der Waals surface area (Å²) in [5.41, 5.74) is 0.837. The Morgan fingerprint density at radius 1 is 1.04 bits per heavy atom. The van der Waals surface area contributed by atoms with Gasteiger partial charge in [0.05, 0.1) is 17.9 Å². The third-order valence-corrected chi connectivity index (χ3v) is 4.22. The number of rotatable bonds is 6. The number of carbonyl (C=O) groups is 3. The lowest BCUT2D eigenvalue weighted by molar-refractivity contribution is -0.120. The third kappa shape index (κ3) is 3.71. The Bertz CT molecular complexity index is 925. The highest BCUT2D eigenvalue weighted by Gasteiger charge is 2.40. The molecule has 7 heteroatoms. The number of benzene rings is 2. The predicted molar refractivity (Wildman–Crippen MR) is 102 cm³/mol. The number of carbonyl (C=O) groups excluding carboxylic acids is 3. The number of imide groups is 1. The average Bonchev–Trinajstić information content (AvgIpc) is 2.90. The van der Waals surface area contributed by atoms with E-state index in [-0.39, 0.29) is 28.6 Å². The number of hydrogen-bond acceptors (Lipinski definition) is 5. The number of halogens is 1. The van der Waals surface area contributed by atoms with Crippen LogP contribution in [0, 0.1) is 0 Å². The summed E-state index contributed by atoms with van der Waals surface area (Å²) in [5, 5.41) is 2.64. The van der Waals surface area contributed by atoms with E-state index in [2.05, 4.69) is 5.32 Å². The van der Waals surface area contributed by atoms with Gasteiger partial charge >= 0.3 is 5.97 Å². The van der Waals surface area contributed by atoms with Crippen LogP contribution in [-0.4, -0.2) is 24.4 Å². The molecule has 0 aliphatic carbocycles. The van der Waals surface area contributed by atoms with Crippen molar-refractivity contribution in [1.82, 2.24) is 0 Å². The van der Waals surface area contributed by atoms with Gasteiger partial charge in [-0.25, -0.2) is 9.69 Å². The molecule has 2 aromatic carbocycles. The largest absolute Gasteiger partial charge is 0.462 e. The van der Waals surface area contributed by atoms with E-state index in [0.29, 0.717) is 12.1 Å². The molecule has 3 rings (SSSR count). The minimum absolute atomic E-state index is 0.0374. The Labute approximate surface area is 161 Å². The molecule has 0 unspecified atom stereocenters. The molecule has 138 valence electrons. The lowest BCUT2D eigenvalue weighted by Gasteiger charge is -2.18. The van der Waals surface area contributed by atoms with Crippen molar-refractivity contribution in [2.45, 2.75) is 13.3 Å². The maximum absolute atomic E-state index is 12.9. The smallest absolute Gasteiger partial charge is 0.340 e. The fourth-order valence-corrected chi connectivity index (χ4v) is 2.82.